The summed E-state index contributed by atoms with van der Waals surface area (Å²) in [6, 6.07) is 0. The molecule has 0 aliphatic rings. The highest BCUT2D eigenvalue weighted by atomic mass is 127. The van der Waals surface area contributed by atoms with Gasteiger partial charge in [-0.3, -0.25) is 4.79 Å². The monoisotopic (exact) mass is 355 g/mol. The van der Waals surface area contributed by atoms with Gasteiger partial charge in [0.05, 0.1) is 6.20 Å². The molecule has 0 aliphatic heterocycles. The van der Waals surface area contributed by atoms with E-state index in [9.17, 15) is 9.90 Å². The zero-order chi connectivity index (χ0) is 11.0. The number of aromatic hydroxyl groups is 1. The first-order valence-corrected chi connectivity index (χ1v) is 5.95. The zero-order valence-electron chi connectivity index (χ0n) is 6.99. The third-order valence-electron chi connectivity index (χ3n) is 1.53. The van der Waals surface area contributed by atoms with Crippen LogP contribution in [-0.2, 0) is 0 Å². The van der Waals surface area contributed by atoms with Crippen LogP contribution < -0.4 is 5.56 Å². The molecule has 0 unspecified atom stereocenters. The van der Waals surface area contributed by atoms with Crippen molar-refractivity contribution in [2.45, 2.75) is 0 Å². The normalized spacial score (nSPS) is 10.5. The van der Waals surface area contributed by atoms with E-state index in [-0.39, 0.29) is 15.3 Å². The summed E-state index contributed by atoms with van der Waals surface area (Å²) in [6.45, 7) is 0. The van der Waals surface area contributed by atoms with E-state index >= 15 is 0 Å². The van der Waals surface area contributed by atoms with Crippen LogP contribution >= 0.6 is 45.5 Å². The molecule has 0 spiro atoms. The Morgan fingerprint density at radius 2 is 2.33 bits per heavy atom. The molecule has 5 nitrogen and oxygen atoms in total. The standard InChI is InChI=1S/C7H3ClIN3O2S/c8-2-1-10-7(15-2)4-11-5(13)3(9)6(14)12-4/h1H,(H2,11,12,13,14). The fraction of sp³-hybridized carbons (Fsp3) is 0. The Balaban J connectivity index is 2.60. The van der Waals surface area contributed by atoms with Crippen molar-refractivity contribution in [3.05, 3.63) is 24.5 Å². The van der Waals surface area contributed by atoms with Crippen molar-refractivity contribution < 1.29 is 5.11 Å². The fourth-order valence-electron chi connectivity index (χ4n) is 0.912. The molecule has 15 heavy (non-hydrogen) atoms. The molecular formula is C7H3ClIN3O2S. The summed E-state index contributed by atoms with van der Waals surface area (Å²) in [4.78, 5) is 21.6. The number of aromatic nitrogens is 3. The third-order valence-corrected chi connectivity index (χ3v) is 3.62. The van der Waals surface area contributed by atoms with Gasteiger partial charge in [0.2, 0.25) is 5.88 Å². The van der Waals surface area contributed by atoms with Crippen molar-refractivity contribution >= 4 is 45.5 Å². The molecule has 2 N–H and O–H groups in total. The largest absolute Gasteiger partial charge is 0.492 e. The zero-order valence-corrected chi connectivity index (χ0v) is 10.7. The van der Waals surface area contributed by atoms with Crippen molar-refractivity contribution in [3.8, 4) is 16.7 Å². The summed E-state index contributed by atoms with van der Waals surface area (Å²) in [5.41, 5.74) is -0.399. The quantitative estimate of drug-likeness (QED) is 0.765. The van der Waals surface area contributed by atoms with Crippen molar-refractivity contribution in [1.82, 2.24) is 15.0 Å². The molecule has 2 aromatic rings. The smallest absolute Gasteiger partial charge is 0.268 e. The summed E-state index contributed by atoms with van der Waals surface area (Å²) in [5, 5.41) is 9.82. The molecule has 2 rings (SSSR count). The second-order valence-corrected chi connectivity index (χ2v) is 5.26. The first-order chi connectivity index (χ1) is 7.08. The maximum Gasteiger partial charge on any atom is 0.268 e. The number of halogens is 2. The van der Waals surface area contributed by atoms with E-state index < -0.39 is 5.56 Å². The van der Waals surface area contributed by atoms with E-state index in [1.54, 1.807) is 22.6 Å². The van der Waals surface area contributed by atoms with Crippen molar-refractivity contribution in [3.63, 3.8) is 0 Å². The maximum atomic E-state index is 11.3. The molecule has 0 saturated heterocycles. The number of hydrogen-bond donors (Lipinski definition) is 2. The molecule has 8 heteroatoms. The Bertz CT molecular complexity index is 568. The molecular weight excluding hydrogens is 353 g/mol. The Kier molecular flexibility index (Phi) is 2.94. The highest BCUT2D eigenvalue weighted by molar-refractivity contribution is 14.1. The van der Waals surface area contributed by atoms with Gasteiger partial charge < -0.3 is 10.1 Å². The molecule has 0 bridgehead atoms. The van der Waals surface area contributed by atoms with Crippen LogP contribution in [0.5, 0.6) is 5.88 Å². The Morgan fingerprint density at radius 3 is 2.87 bits per heavy atom. The minimum Gasteiger partial charge on any atom is -0.492 e. The number of thiazole rings is 1. The lowest BCUT2D eigenvalue weighted by molar-refractivity contribution is 0.447. The molecule has 0 aromatic carbocycles. The summed E-state index contributed by atoms with van der Waals surface area (Å²) < 4.78 is 0.643. The maximum absolute atomic E-state index is 11.3. The minimum absolute atomic E-state index is 0.152. The molecule has 2 aromatic heterocycles. The van der Waals surface area contributed by atoms with Crippen LogP contribution in [-0.4, -0.2) is 20.1 Å². The van der Waals surface area contributed by atoms with Crippen LogP contribution in [0.1, 0.15) is 0 Å². The lowest BCUT2D eigenvalue weighted by atomic mass is 10.5. The first kappa shape index (κ1) is 10.8. The highest BCUT2D eigenvalue weighted by Crippen LogP contribution is 2.26. The Hall–Kier alpha value is -0.670. The fourth-order valence-corrected chi connectivity index (χ4v) is 2.02. The van der Waals surface area contributed by atoms with Crippen LogP contribution in [0.4, 0.5) is 0 Å². The summed E-state index contributed by atoms with van der Waals surface area (Å²) >= 11 is 8.58. The number of nitrogens with one attached hydrogen (secondary N) is 1. The predicted molar refractivity (Wildman–Crippen MR) is 65.4 cm³/mol. The van der Waals surface area contributed by atoms with Crippen LogP contribution in [0.25, 0.3) is 10.8 Å². The SMILES string of the molecule is O=c1[nH]c(-c2ncc(Cl)s2)nc(O)c1I. The van der Waals surface area contributed by atoms with Gasteiger partial charge in [-0.25, -0.2) is 4.98 Å². The van der Waals surface area contributed by atoms with Crippen LogP contribution in [0.15, 0.2) is 11.0 Å². The van der Waals surface area contributed by atoms with E-state index in [1.807, 2.05) is 0 Å². The predicted octanol–water partition coefficient (Wildman–Crippen LogP) is 1.86. The second kappa shape index (κ2) is 4.06. The van der Waals surface area contributed by atoms with Crippen LogP contribution in [0, 0.1) is 3.57 Å². The number of H-pyrrole nitrogens is 1. The average molecular weight is 356 g/mol. The summed E-state index contributed by atoms with van der Waals surface area (Å²) in [6.07, 6.45) is 1.45. The van der Waals surface area contributed by atoms with E-state index in [4.69, 9.17) is 11.6 Å². The topological polar surface area (TPSA) is 78.9 Å². The van der Waals surface area contributed by atoms with Gasteiger partial charge in [0, 0.05) is 0 Å². The molecule has 78 valence electrons. The van der Waals surface area contributed by atoms with Gasteiger partial charge >= 0.3 is 0 Å². The van der Waals surface area contributed by atoms with Crippen molar-refractivity contribution in [2.75, 3.05) is 0 Å². The van der Waals surface area contributed by atoms with E-state index in [0.29, 0.717) is 9.34 Å². The van der Waals surface area contributed by atoms with Crippen LogP contribution in [0.2, 0.25) is 4.34 Å². The van der Waals surface area contributed by atoms with Crippen LogP contribution in [0.3, 0.4) is 0 Å². The highest BCUT2D eigenvalue weighted by Gasteiger charge is 2.11. The number of aromatic amines is 1. The first-order valence-electron chi connectivity index (χ1n) is 3.68. The molecule has 0 radical (unpaired) electrons. The molecule has 0 fully saturated rings. The Labute approximate surface area is 106 Å². The third kappa shape index (κ3) is 2.13. The van der Waals surface area contributed by atoms with Gasteiger partial charge in [0.1, 0.15) is 7.91 Å². The number of hydrogen-bond acceptors (Lipinski definition) is 5. The molecule has 0 aliphatic carbocycles. The van der Waals surface area contributed by atoms with E-state index in [2.05, 4.69) is 15.0 Å². The van der Waals surface area contributed by atoms with Crippen molar-refractivity contribution in [1.29, 1.82) is 0 Å². The lowest BCUT2D eigenvalue weighted by Gasteiger charge is -1.98. The molecule has 0 atom stereocenters. The van der Waals surface area contributed by atoms with Crippen molar-refractivity contribution in [2.24, 2.45) is 0 Å². The minimum atomic E-state index is -0.399. The Morgan fingerprint density at radius 1 is 1.60 bits per heavy atom. The summed E-state index contributed by atoms with van der Waals surface area (Å²) in [7, 11) is 0. The number of rotatable bonds is 1. The van der Waals surface area contributed by atoms with E-state index in [0.717, 1.165) is 0 Å². The van der Waals surface area contributed by atoms with Gasteiger partial charge in [0.15, 0.2) is 10.8 Å². The second-order valence-electron chi connectivity index (χ2n) is 2.52. The van der Waals surface area contributed by atoms with Gasteiger partial charge in [-0.15, -0.1) is 0 Å². The van der Waals surface area contributed by atoms with Gasteiger partial charge in [-0.2, -0.15) is 4.98 Å². The molecule has 0 amide bonds. The van der Waals surface area contributed by atoms with Gasteiger partial charge in [-0.05, 0) is 22.6 Å². The van der Waals surface area contributed by atoms with Gasteiger partial charge in [0.25, 0.3) is 5.56 Å². The molecule has 0 saturated carbocycles. The number of nitrogens with zero attached hydrogens (tertiary/aromatic N) is 2. The van der Waals surface area contributed by atoms with E-state index in [1.165, 1.54) is 17.5 Å². The summed E-state index contributed by atoms with van der Waals surface area (Å²) in [5.74, 6) is -0.0875. The molecule has 2 heterocycles. The van der Waals surface area contributed by atoms with Gasteiger partial charge in [-0.1, -0.05) is 22.9 Å². The average Bonchev–Trinajstić information content (AvgIpc) is 2.60. The lowest BCUT2D eigenvalue weighted by Crippen LogP contribution is -2.12.